The predicted octanol–water partition coefficient (Wildman–Crippen LogP) is 1.48. The SMILES string of the molecule is COCCc1nsc(NCC2CCCN(C)C2)n1. The van der Waals surface area contributed by atoms with Crippen molar-refractivity contribution >= 4 is 16.7 Å². The van der Waals surface area contributed by atoms with E-state index in [1.165, 1.54) is 37.5 Å². The molecule has 0 radical (unpaired) electrons. The fourth-order valence-corrected chi connectivity index (χ4v) is 2.91. The molecule has 2 heterocycles. The van der Waals surface area contributed by atoms with Gasteiger partial charge in [0.05, 0.1) is 6.61 Å². The van der Waals surface area contributed by atoms with E-state index >= 15 is 0 Å². The minimum absolute atomic E-state index is 0.684. The van der Waals surface area contributed by atoms with Crippen LogP contribution in [0.4, 0.5) is 5.13 Å². The summed E-state index contributed by atoms with van der Waals surface area (Å²) in [5.74, 6) is 1.61. The first-order valence-corrected chi connectivity index (χ1v) is 7.29. The minimum Gasteiger partial charge on any atom is -0.384 e. The third kappa shape index (κ3) is 4.19. The lowest BCUT2D eigenvalue weighted by Crippen LogP contribution is -2.35. The minimum atomic E-state index is 0.684. The number of nitrogens with one attached hydrogen (secondary N) is 1. The highest BCUT2D eigenvalue weighted by Crippen LogP contribution is 2.17. The maximum atomic E-state index is 5.02. The van der Waals surface area contributed by atoms with Gasteiger partial charge in [0.1, 0.15) is 5.82 Å². The molecule has 0 bridgehead atoms. The van der Waals surface area contributed by atoms with Gasteiger partial charge in [-0.1, -0.05) is 0 Å². The molecule has 5 nitrogen and oxygen atoms in total. The van der Waals surface area contributed by atoms with Crippen LogP contribution in [0.25, 0.3) is 0 Å². The highest BCUT2D eigenvalue weighted by molar-refractivity contribution is 7.09. The number of hydrogen-bond acceptors (Lipinski definition) is 6. The first kappa shape index (κ1) is 13.7. The molecule has 1 aliphatic rings. The van der Waals surface area contributed by atoms with Crippen LogP contribution in [0.1, 0.15) is 18.7 Å². The molecular formula is C12H22N4OS. The van der Waals surface area contributed by atoms with E-state index in [4.69, 9.17) is 4.74 Å². The van der Waals surface area contributed by atoms with Gasteiger partial charge in [-0.05, 0) is 32.4 Å². The molecule has 0 spiro atoms. The lowest BCUT2D eigenvalue weighted by atomic mass is 9.99. The van der Waals surface area contributed by atoms with Crippen molar-refractivity contribution in [3.8, 4) is 0 Å². The molecule has 0 aromatic carbocycles. The number of methoxy groups -OCH3 is 1. The Labute approximate surface area is 113 Å². The monoisotopic (exact) mass is 270 g/mol. The van der Waals surface area contributed by atoms with Crippen LogP contribution < -0.4 is 5.32 Å². The molecule has 0 aliphatic carbocycles. The number of anilines is 1. The lowest BCUT2D eigenvalue weighted by Gasteiger charge is -2.29. The number of piperidine rings is 1. The lowest BCUT2D eigenvalue weighted by molar-refractivity contribution is 0.201. The van der Waals surface area contributed by atoms with E-state index in [-0.39, 0.29) is 0 Å². The van der Waals surface area contributed by atoms with Crippen molar-refractivity contribution in [2.75, 3.05) is 45.7 Å². The molecule has 0 saturated carbocycles. The Morgan fingerprint density at radius 2 is 2.44 bits per heavy atom. The van der Waals surface area contributed by atoms with Gasteiger partial charge in [-0.3, -0.25) is 0 Å². The van der Waals surface area contributed by atoms with Crippen molar-refractivity contribution in [2.45, 2.75) is 19.3 Å². The Kier molecular flexibility index (Phi) is 5.34. The highest BCUT2D eigenvalue weighted by atomic mass is 32.1. The Morgan fingerprint density at radius 1 is 1.56 bits per heavy atom. The summed E-state index contributed by atoms with van der Waals surface area (Å²) in [4.78, 5) is 6.86. The molecule has 0 amide bonds. The van der Waals surface area contributed by atoms with E-state index in [1.54, 1.807) is 7.11 Å². The second-order valence-electron chi connectivity index (χ2n) is 4.91. The third-order valence-corrected chi connectivity index (χ3v) is 3.97. The maximum Gasteiger partial charge on any atom is 0.202 e. The summed E-state index contributed by atoms with van der Waals surface area (Å²) >= 11 is 1.45. The largest absolute Gasteiger partial charge is 0.384 e. The maximum absolute atomic E-state index is 5.02. The fraction of sp³-hybridized carbons (Fsp3) is 0.833. The average molecular weight is 270 g/mol. The molecule has 6 heteroatoms. The number of nitrogens with zero attached hydrogens (tertiary/aromatic N) is 3. The standard InChI is InChI=1S/C12H22N4OS/c1-16-6-3-4-10(9-16)8-13-12-14-11(15-18-12)5-7-17-2/h10H,3-9H2,1-2H3,(H,13,14,15). The number of hydrogen-bond donors (Lipinski definition) is 1. The van der Waals surface area contributed by atoms with Crippen LogP contribution in [0.3, 0.4) is 0 Å². The molecule has 1 atom stereocenters. The van der Waals surface area contributed by atoms with Crippen molar-refractivity contribution in [1.82, 2.24) is 14.3 Å². The molecule has 1 fully saturated rings. The smallest absolute Gasteiger partial charge is 0.202 e. The first-order valence-electron chi connectivity index (χ1n) is 6.52. The number of rotatable bonds is 6. The summed E-state index contributed by atoms with van der Waals surface area (Å²) in [6.07, 6.45) is 3.41. The van der Waals surface area contributed by atoms with Gasteiger partial charge in [0.15, 0.2) is 0 Å². The molecule has 1 saturated heterocycles. The predicted molar refractivity (Wildman–Crippen MR) is 74.2 cm³/mol. The van der Waals surface area contributed by atoms with Crippen molar-refractivity contribution in [1.29, 1.82) is 0 Å². The van der Waals surface area contributed by atoms with E-state index < -0.39 is 0 Å². The average Bonchev–Trinajstić information content (AvgIpc) is 2.82. The van der Waals surface area contributed by atoms with Gasteiger partial charge in [-0.25, -0.2) is 4.98 Å². The van der Waals surface area contributed by atoms with Crippen molar-refractivity contribution in [2.24, 2.45) is 5.92 Å². The van der Waals surface area contributed by atoms with E-state index in [0.717, 1.165) is 29.8 Å². The van der Waals surface area contributed by atoms with Crippen LogP contribution in [0, 0.1) is 5.92 Å². The number of aromatic nitrogens is 2. The second kappa shape index (κ2) is 7.01. The summed E-state index contributed by atoms with van der Waals surface area (Å²) in [6, 6.07) is 0. The van der Waals surface area contributed by atoms with Gasteiger partial charge >= 0.3 is 0 Å². The van der Waals surface area contributed by atoms with Crippen LogP contribution in [0.15, 0.2) is 0 Å². The molecule has 1 aromatic heterocycles. The molecule has 1 unspecified atom stereocenters. The van der Waals surface area contributed by atoms with Crippen molar-refractivity contribution in [3.63, 3.8) is 0 Å². The van der Waals surface area contributed by atoms with E-state index in [2.05, 4.69) is 26.6 Å². The van der Waals surface area contributed by atoms with Gasteiger partial charge in [0.2, 0.25) is 5.13 Å². The van der Waals surface area contributed by atoms with Crippen LogP contribution in [0.5, 0.6) is 0 Å². The molecule has 1 N–H and O–H groups in total. The molecule has 1 aliphatic heterocycles. The van der Waals surface area contributed by atoms with Gasteiger partial charge < -0.3 is 15.0 Å². The quantitative estimate of drug-likeness (QED) is 0.848. The zero-order valence-electron chi connectivity index (χ0n) is 11.2. The third-order valence-electron chi connectivity index (χ3n) is 3.26. The Morgan fingerprint density at radius 3 is 3.22 bits per heavy atom. The molecule has 2 rings (SSSR count). The Bertz CT molecular complexity index is 358. The summed E-state index contributed by atoms with van der Waals surface area (Å²) in [6.45, 7) is 4.10. The fourth-order valence-electron chi connectivity index (χ4n) is 2.29. The van der Waals surface area contributed by atoms with Gasteiger partial charge in [-0.15, -0.1) is 0 Å². The van der Waals surface area contributed by atoms with Crippen LogP contribution in [0.2, 0.25) is 0 Å². The van der Waals surface area contributed by atoms with Gasteiger partial charge in [0.25, 0.3) is 0 Å². The second-order valence-corrected chi connectivity index (χ2v) is 5.66. The molecule has 102 valence electrons. The molecule has 1 aromatic rings. The highest BCUT2D eigenvalue weighted by Gasteiger charge is 2.17. The number of likely N-dealkylation sites (tertiary alicyclic amines) is 1. The first-order chi connectivity index (χ1) is 8.78. The van der Waals surface area contributed by atoms with E-state index in [1.807, 2.05) is 0 Å². The van der Waals surface area contributed by atoms with Crippen molar-refractivity contribution in [3.05, 3.63) is 5.82 Å². The van der Waals surface area contributed by atoms with Crippen LogP contribution in [-0.2, 0) is 11.2 Å². The Hall–Kier alpha value is -0.720. The van der Waals surface area contributed by atoms with Gasteiger partial charge in [0, 0.05) is 38.2 Å². The van der Waals surface area contributed by atoms with E-state index in [9.17, 15) is 0 Å². The van der Waals surface area contributed by atoms with Crippen LogP contribution >= 0.6 is 11.5 Å². The summed E-state index contributed by atoms with van der Waals surface area (Å²) in [5.41, 5.74) is 0. The molecule has 18 heavy (non-hydrogen) atoms. The summed E-state index contributed by atoms with van der Waals surface area (Å²) in [7, 11) is 3.89. The van der Waals surface area contributed by atoms with Crippen molar-refractivity contribution < 1.29 is 4.74 Å². The molecular weight excluding hydrogens is 248 g/mol. The zero-order chi connectivity index (χ0) is 12.8. The summed E-state index contributed by atoms with van der Waals surface area (Å²) < 4.78 is 9.33. The van der Waals surface area contributed by atoms with Gasteiger partial charge in [-0.2, -0.15) is 4.37 Å². The normalized spacial score (nSPS) is 21.1. The Balaban J connectivity index is 1.74. The number of ether oxygens (including phenoxy) is 1. The van der Waals surface area contributed by atoms with E-state index in [0.29, 0.717) is 6.61 Å². The van der Waals surface area contributed by atoms with Crippen LogP contribution in [-0.4, -0.2) is 54.7 Å². The summed E-state index contributed by atoms with van der Waals surface area (Å²) in [5, 5.41) is 4.35. The zero-order valence-corrected chi connectivity index (χ0v) is 12.0. The topological polar surface area (TPSA) is 50.3 Å².